The van der Waals surface area contributed by atoms with Crippen molar-refractivity contribution in [1.82, 2.24) is 0 Å². The molecule has 0 heterocycles. The zero-order valence-electron chi connectivity index (χ0n) is 11.2. The summed E-state index contributed by atoms with van der Waals surface area (Å²) in [5, 5.41) is 2.86. The third-order valence-corrected chi connectivity index (χ3v) is 3.30. The highest BCUT2D eigenvalue weighted by Crippen LogP contribution is 2.16. The Morgan fingerprint density at radius 2 is 1.80 bits per heavy atom. The van der Waals surface area contributed by atoms with Crippen molar-refractivity contribution in [3.63, 3.8) is 0 Å². The summed E-state index contributed by atoms with van der Waals surface area (Å²) in [6, 6.07) is 15.1. The van der Waals surface area contributed by atoms with Crippen molar-refractivity contribution in [3.8, 4) is 0 Å². The highest BCUT2D eigenvalue weighted by Gasteiger charge is 2.09. The van der Waals surface area contributed by atoms with Gasteiger partial charge in [-0.25, -0.2) is 0 Å². The first-order valence-corrected chi connectivity index (χ1v) is 6.72. The lowest BCUT2D eigenvalue weighted by Crippen LogP contribution is -2.19. The van der Waals surface area contributed by atoms with Crippen LogP contribution in [0.2, 0.25) is 0 Å². The van der Waals surface area contributed by atoms with Crippen molar-refractivity contribution in [2.24, 2.45) is 5.73 Å². The van der Waals surface area contributed by atoms with E-state index >= 15 is 0 Å². The Morgan fingerprint density at radius 3 is 2.50 bits per heavy atom. The summed E-state index contributed by atoms with van der Waals surface area (Å²) in [4.78, 5) is 12.4. The number of amides is 1. The summed E-state index contributed by atoms with van der Waals surface area (Å²) in [6.45, 7) is 1.99. The number of nitrogens with one attached hydrogen (secondary N) is 1. The normalized spacial score (nSPS) is 10.1. The van der Waals surface area contributed by atoms with Gasteiger partial charge in [0, 0.05) is 5.56 Å². The molecule has 0 aliphatic heterocycles. The van der Waals surface area contributed by atoms with Crippen LogP contribution in [0.15, 0.2) is 48.5 Å². The van der Waals surface area contributed by atoms with Gasteiger partial charge in [0.1, 0.15) is 4.99 Å². The molecule has 3 nitrogen and oxygen atoms in total. The second-order valence-electron chi connectivity index (χ2n) is 4.56. The highest BCUT2D eigenvalue weighted by molar-refractivity contribution is 7.80. The molecule has 0 aromatic heterocycles. The number of hydrogen-bond donors (Lipinski definition) is 2. The van der Waals surface area contributed by atoms with Crippen LogP contribution in [0, 0.1) is 6.92 Å². The summed E-state index contributed by atoms with van der Waals surface area (Å²) in [6.07, 6.45) is 0.332. The lowest BCUT2D eigenvalue weighted by Gasteiger charge is -2.10. The predicted molar refractivity (Wildman–Crippen MR) is 85.8 cm³/mol. The standard InChI is InChI=1S/C16H16N2OS/c1-11-6-2-3-7-12(11)10-15(19)18-14-9-5-4-8-13(14)16(17)20/h2-9H,10H2,1H3,(H2,17,20)(H,18,19). The summed E-state index contributed by atoms with van der Waals surface area (Å²) in [5.74, 6) is -0.0806. The lowest BCUT2D eigenvalue weighted by molar-refractivity contribution is -0.115. The van der Waals surface area contributed by atoms with Gasteiger partial charge in [0.15, 0.2) is 0 Å². The van der Waals surface area contributed by atoms with Gasteiger partial charge in [0.25, 0.3) is 0 Å². The molecule has 0 aliphatic carbocycles. The highest BCUT2D eigenvalue weighted by atomic mass is 32.1. The molecule has 0 spiro atoms. The molecule has 0 unspecified atom stereocenters. The number of rotatable bonds is 4. The molecule has 102 valence electrons. The second-order valence-corrected chi connectivity index (χ2v) is 5.00. The Balaban J connectivity index is 2.13. The van der Waals surface area contributed by atoms with E-state index in [1.165, 1.54) is 0 Å². The van der Waals surface area contributed by atoms with E-state index in [1.54, 1.807) is 12.1 Å². The van der Waals surface area contributed by atoms with Crippen LogP contribution in [0.1, 0.15) is 16.7 Å². The second kappa shape index (κ2) is 6.30. The molecule has 2 aromatic carbocycles. The topological polar surface area (TPSA) is 55.1 Å². The van der Waals surface area contributed by atoms with Crippen LogP contribution in [-0.2, 0) is 11.2 Å². The van der Waals surface area contributed by atoms with Crippen LogP contribution in [0.4, 0.5) is 5.69 Å². The van der Waals surface area contributed by atoms with Gasteiger partial charge < -0.3 is 11.1 Å². The van der Waals surface area contributed by atoms with E-state index in [1.807, 2.05) is 43.3 Å². The Bertz CT molecular complexity index is 652. The minimum absolute atomic E-state index is 0.0806. The summed E-state index contributed by atoms with van der Waals surface area (Å²) in [5.41, 5.74) is 9.09. The minimum Gasteiger partial charge on any atom is -0.389 e. The average Bonchev–Trinajstić information content (AvgIpc) is 2.41. The minimum atomic E-state index is -0.0806. The number of thiocarbonyl (C=S) groups is 1. The molecule has 2 rings (SSSR count). The van der Waals surface area contributed by atoms with E-state index in [4.69, 9.17) is 18.0 Å². The van der Waals surface area contributed by atoms with Gasteiger partial charge in [-0.05, 0) is 30.2 Å². The van der Waals surface area contributed by atoms with Gasteiger partial charge in [0.2, 0.25) is 5.91 Å². The van der Waals surface area contributed by atoms with Crippen LogP contribution in [0.3, 0.4) is 0 Å². The number of para-hydroxylation sites is 1. The fourth-order valence-corrected chi connectivity index (χ4v) is 2.16. The molecular formula is C16H16N2OS. The van der Waals surface area contributed by atoms with Gasteiger partial charge in [-0.3, -0.25) is 4.79 Å². The predicted octanol–water partition coefficient (Wildman–Crippen LogP) is 2.81. The molecule has 0 radical (unpaired) electrons. The smallest absolute Gasteiger partial charge is 0.228 e. The van der Waals surface area contributed by atoms with E-state index in [9.17, 15) is 4.79 Å². The fourth-order valence-electron chi connectivity index (χ4n) is 1.98. The van der Waals surface area contributed by atoms with Crippen molar-refractivity contribution < 1.29 is 4.79 Å². The average molecular weight is 284 g/mol. The number of hydrogen-bond acceptors (Lipinski definition) is 2. The first-order valence-electron chi connectivity index (χ1n) is 6.31. The number of nitrogens with two attached hydrogens (primary N) is 1. The largest absolute Gasteiger partial charge is 0.389 e. The maximum atomic E-state index is 12.1. The van der Waals surface area contributed by atoms with Crippen molar-refractivity contribution in [2.45, 2.75) is 13.3 Å². The molecule has 0 atom stereocenters. The Labute approximate surface area is 123 Å². The number of carbonyl (C=O) groups is 1. The molecule has 3 N–H and O–H groups in total. The lowest BCUT2D eigenvalue weighted by atomic mass is 10.1. The van der Waals surface area contributed by atoms with Crippen molar-refractivity contribution >= 4 is 28.8 Å². The van der Waals surface area contributed by atoms with Crippen LogP contribution in [0.5, 0.6) is 0 Å². The van der Waals surface area contributed by atoms with Crippen LogP contribution < -0.4 is 11.1 Å². The number of aryl methyl sites for hydroxylation is 1. The first-order chi connectivity index (χ1) is 9.58. The van der Waals surface area contributed by atoms with Gasteiger partial charge in [-0.15, -0.1) is 0 Å². The molecule has 1 amide bonds. The van der Waals surface area contributed by atoms with E-state index in [-0.39, 0.29) is 10.9 Å². The summed E-state index contributed by atoms with van der Waals surface area (Å²) >= 11 is 4.98. The fraction of sp³-hybridized carbons (Fsp3) is 0.125. The third-order valence-electron chi connectivity index (χ3n) is 3.08. The van der Waals surface area contributed by atoms with E-state index in [2.05, 4.69) is 5.32 Å². The van der Waals surface area contributed by atoms with Crippen LogP contribution in [-0.4, -0.2) is 10.9 Å². The van der Waals surface area contributed by atoms with Crippen molar-refractivity contribution in [1.29, 1.82) is 0 Å². The van der Waals surface area contributed by atoms with Gasteiger partial charge in [0.05, 0.1) is 12.1 Å². The molecule has 0 fully saturated rings. The molecule has 0 saturated heterocycles. The molecule has 0 aliphatic rings. The number of benzene rings is 2. The number of anilines is 1. The molecule has 20 heavy (non-hydrogen) atoms. The molecule has 0 saturated carbocycles. The van der Waals surface area contributed by atoms with Crippen LogP contribution >= 0.6 is 12.2 Å². The number of carbonyl (C=O) groups excluding carboxylic acids is 1. The molecular weight excluding hydrogens is 268 g/mol. The zero-order valence-corrected chi connectivity index (χ0v) is 12.0. The Kier molecular flexibility index (Phi) is 4.48. The zero-order chi connectivity index (χ0) is 14.5. The van der Waals surface area contributed by atoms with E-state index in [0.29, 0.717) is 17.7 Å². The maximum absolute atomic E-state index is 12.1. The SMILES string of the molecule is Cc1ccccc1CC(=O)Nc1ccccc1C(N)=S. The maximum Gasteiger partial charge on any atom is 0.228 e. The van der Waals surface area contributed by atoms with Crippen LogP contribution in [0.25, 0.3) is 0 Å². The molecule has 4 heteroatoms. The quantitative estimate of drug-likeness (QED) is 0.849. The van der Waals surface area contributed by atoms with Gasteiger partial charge >= 0.3 is 0 Å². The third kappa shape index (κ3) is 3.42. The van der Waals surface area contributed by atoms with Gasteiger partial charge in [-0.1, -0.05) is 48.6 Å². The van der Waals surface area contributed by atoms with E-state index < -0.39 is 0 Å². The Morgan fingerprint density at radius 1 is 1.15 bits per heavy atom. The molecule has 0 bridgehead atoms. The van der Waals surface area contributed by atoms with E-state index in [0.717, 1.165) is 11.1 Å². The monoisotopic (exact) mass is 284 g/mol. The van der Waals surface area contributed by atoms with Crippen molar-refractivity contribution in [2.75, 3.05) is 5.32 Å². The van der Waals surface area contributed by atoms with Gasteiger partial charge in [-0.2, -0.15) is 0 Å². The summed E-state index contributed by atoms with van der Waals surface area (Å²) in [7, 11) is 0. The Hall–Kier alpha value is -2.20. The van der Waals surface area contributed by atoms with Crippen molar-refractivity contribution in [3.05, 3.63) is 65.2 Å². The summed E-state index contributed by atoms with van der Waals surface area (Å²) < 4.78 is 0. The first kappa shape index (κ1) is 14.2. The molecule has 2 aromatic rings.